The van der Waals surface area contributed by atoms with Crippen molar-refractivity contribution in [2.24, 2.45) is 5.92 Å². The molecule has 0 atom stereocenters. The van der Waals surface area contributed by atoms with E-state index in [0.29, 0.717) is 0 Å². The Balaban J connectivity index is 1.94. The van der Waals surface area contributed by atoms with Gasteiger partial charge >= 0.3 is 0 Å². The lowest BCUT2D eigenvalue weighted by Gasteiger charge is -2.32. The van der Waals surface area contributed by atoms with Crippen molar-refractivity contribution in [3.05, 3.63) is 22.9 Å². The zero-order valence-electron chi connectivity index (χ0n) is 10.9. The Labute approximate surface area is 108 Å². The van der Waals surface area contributed by atoms with Crippen LogP contribution in [0, 0.1) is 17.2 Å². The summed E-state index contributed by atoms with van der Waals surface area (Å²) in [5.74, 6) is 1.74. The van der Waals surface area contributed by atoms with Crippen LogP contribution in [-0.2, 0) is 12.8 Å². The first-order chi connectivity index (χ1) is 8.78. The molecule has 1 saturated heterocycles. The number of pyridine rings is 1. The molecule has 0 spiro atoms. The highest BCUT2D eigenvalue weighted by molar-refractivity contribution is 5.57. The molecule has 3 rings (SSSR count). The Morgan fingerprint density at radius 2 is 2.11 bits per heavy atom. The Morgan fingerprint density at radius 3 is 2.83 bits per heavy atom. The van der Waals surface area contributed by atoms with E-state index in [4.69, 9.17) is 4.98 Å². The third-order valence-electron chi connectivity index (χ3n) is 4.23. The maximum Gasteiger partial charge on any atom is 0.146 e. The average molecular weight is 241 g/mol. The quantitative estimate of drug-likeness (QED) is 0.759. The van der Waals surface area contributed by atoms with Gasteiger partial charge in [0.05, 0.1) is 5.56 Å². The van der Waals surface area contributed by atoms with Crippen LogP contribution in [0.3, 0.4) is 0 Å². The van der Waals surface area contributed by atoms with Gasteiger partial charge < -0.3 is 4.90 Å². The van der Waals surface area contributed by atoms with Gasteiger partial charge in [0.25, 0.3) is 0 Å². The summed E-state index contributed by atoms with van der Waals surface area (Å²) in [5.41, 5.74) is 3.29. The smallest absolute Gasteiger partial charge is 0.146 e. The molecule has 0 saturated carbocycles. The van der Waals surface area contributed by atoms with Gasteiger partial charge in [-0.05, 0) is 49.7 Å². The normalized spacial score (nSPS) is 19.7. The molecule has 1 aliphatic carbocycles. The first kappa shape index (κ1) is 11.5. The standard InChI is InChI=1S/C15H19N3/c1-11-5-7-18(8-6-11)15-13(10-16)9-12-3-2-4-14(12)17-15/h9,11H,2-8H2,1H3. The molecular weight excluding hydrogens is 222 g/mol. The molecule has 2 aliphatic rings. The maximum atomic E-state index is 9.32. The molecule has 1 aromatic heterocycles. The first-order valence-corrected chi connectivity index (χ1v) is 6.96. The summed E-state index contributed by atoms with van der Waals surface area (Å²) in [6, 6.07) is 4.40. The number of nitrogens with zero attached hydrogens (tertiary/aromatic N) is 3. The number of piperidine rings is 1. The fourth-order valence-electron chi connectivity index (χ4n) is 3.00. The first-order valence-electron chi connectivity index (χ1n) is 6.96. The lowest BCUT2D eigenvalue weighted by atomic mass is 9.99. The Kier molecular flexibility index (Phi) is 2.95. The largest absolute Gasteiger partial charge is 0.355 e. The van der Waals surface area contributed by atoms with Gasteiger partial charge in [0.1, 0.15) is 11.9 Å². The third kappa shape index (κ3) is 1.96. The van der Waals surface area contributed by atoms with E-state index in [1.807, 2.05) is 0 Å². The molecule has 0 radical (unpaired) electrons. The molecule has 3 nitrogen and oxygen atoms in total. The van der Waals surface area contributed by atoms with Gasteiger partial charge in [0, 0.05) is 18.8 Å². The molecule has 0 unspecified atom stereocenters. The fraction of sp³-hybridized carbons (Fsp3) is 0.600. The van der Waals surface area contributed by atoms with E-state index in [-0.39, 0.29) is 0 Å². The number of fused-ring (bicyclic) bond motifs is 1. The number of anilines is 1. The Hall–Kier alpha value is -1.56. The predicted octanol–water partition coefficient (Wildman–Crippen LogP) is 2.68. The molecule has 94 valence electrons. The monoisotopic (exact) mass is 241 g/mol. The SMILES string of the molecule is CC1CCN(c2nc3c(cc2C#N)CCC3)CC1. The molecule has 0 amide bonds. The molecule has 0 bridgehead atoms. The van der Waals surface area contributed by atoms with Crippen molar-refractivity contribution in [1.29, 1.82) is 5.26 Å². The minimum Gasteiger partial charge on any atom is -0.355 e. The van der Waals surface area contributed by atoms with Crippen molar-refractivity contribution < 1.29 is 0 Å². The number of nitriles is 1. The van der Waals surface area contributed by atoms with Crippen molar-refractivity contribution in [3.8, 4) is 6.07 Å². The lowest BCUT2D eigenvalue weighted by Crippen LogP contribution is -2.34. The van der Waals surface area contributed by atoms with Crippen molar-refractivity contribution in [1.82, 2.24) is 4.98 Å². The minimum absolute atomic E-state index is 0.769. The second-order valence-electron chi connectivity index (χ2n) is 5.60. The molecule has 1 aliphatic heterocycles. The minimum atomic E-state index is 0.769. The van der Waals surface area contributed by atoms with Crippen LogP contribution in [-0.4, -0.2) is 18.1 Å². The highest BCUT2D eigenvalue weighted by atomic mass is 15.2. The Morgan fingerprint density at radius 1 is 1.33 bits per heavy atom. The summed E-state index contributed by atoms with van der Waals surface area (Å²) < 4.78 is 0. The molecule has 2 heterocycles. The summed E-state index contributed by atoms with van der Waals surface area (Å²) in [5, 5.41) is 9.32. The molecule has 1 aromatic rings. The highest BCUT2D eigenvalue weighted by Gasteiger charge is 2.22. The van der Waals surface area contributed by atoms with E-state index >= 15 is 0 Å². The molecule has 1 fully saturated rings. The van der Waals surface area contributed by atoms with Gasteiger partial charge in [-0.3, -0.25) is 0 Å². The average Bonchev–Trinajstić information content (AvgIpc) is 2.85. The van der Waals surface area contributed by atoms with Gasteiger partial charge in [-0.1, -0.05) is 6.92 Å². The van der Waals surface area contributed by atoms with E-state index in [2.05, 4.69) is 24.0 Å². The summed E-state index contributed by atoms with van der Waals surface area (Å²) >= 11 is 0. The van der Waals surface area contributed by atoms with Crippen LogP contribution in [0.2, 0.25) is 0 Å². The number of rotatable bonds is 1. The topological polar surface area (TPSA) is 39.9 Å². The van der Waals surface area contributed by atoms with Crippen LogP contribution in [0.25, 0.3) is 0 Å². The van der Waals surface area contributed by atoms with Gasteiger partial charge in [0.2, 0.25) is 0 Å². The third-order valence-corrected chi connectivity index (χ3v) is 4.23. The summed E-state index contributed by atoms with van der Waals surface area (Å²) in [6.45, 7) is 4.39. The van der Waals surface area contributed by atoms with Crippen LogP contribution >= 0.6 is 0 Å². The van der Waals surface area contributed by atoms with Crippen molar-refractivity contribution in [3.63, 3.8) is 0 Å². The summed E-state index contributed by atoms with van der Waals surface area (Å²) in [6.07, 6.45) is 5.79. The van der Waals surface area contributed by atoms with E-state index in [1.54, 1.807) is 0 Å². The number of hydrogen-bond acceptors (Lipinski definition) is 3. The van der Waals surface area contributed by atoms with Gasteiger partial charge in [0.15, 0.2) is 0 Å². The Bertz CT molecular complexity index is 493. The van der Waals surface area contributed by atoms with E-state index in [0.717, 1.165) is 43.2 Å². The van der Waals surface area contributed by atoms with Crippen molar-refractivity contribution in [2.45, 2.75) is 39.0 Å². The van der Waals surface area contributed by atoms with Crippen LogP contribution in [0.1, 0.15) is 43.0 Å². The fourth-order valence-corrected chi connectivity index (χ4v) is 3.00. The van der Waals surface area contributed by atoms with Gasteiger partial charge in [-0.15, -0.1) is 0 Å². The molecule has 0 N–H and O–H groups in total. The van der Waals surface area contributed by atoms with Crippen LogP contribution in [0.5, 0.6) is 0 Å². The van der Waals surface area contributed by atoms with Crippen LogP contribution in [0.4, 0.5) is 5.82 Å². The van der Waals surface area contributed by atoms with Gasteiger partial charge in [-0.25, -0.2) is 4.98 Å². The summed E-state index contributed by atoms with van der Waals surface area (Å²) in [7, 11) is 0. The predicted molar refractivity (Wildman–Crippen MR) is 71.6 cm³/mol. The highest BCUT2D eigenvalue weighted by Crippen LogP contribution is 2.29. The van der Waals surface area contributed by atoms with Gasteiger partial charge in [-0.2, -0.15) is 5.26 Å². The number of aryl methyl sites for hydroxylation is 2. The maximum absolute atomic E-state index is 9.32. The van der Waals surface area contributed by atoms with Crippen LogP contribution < -0.4 is 4.90 Å². The van der Waals surface area contributed by atoms with E-state index < -0.39 is 0 Å². The number of hydrogen-bond donors (Lipinski definition) is 0. The lowest BCUT2D eigenvalue weighted by molar-refractivity contribution is 0.436. The van der Waals surface area contributed by atoms with Crippen LogP contribution in [0.15, 0.2) is 6.07 Å². The van der Waals surface area contributed by atoms with Crippen molar-refractivity contribution >= 4 is 5.82 Å². The second kappa shape index (κ2) is 4.61. The second-order valence-corrected chi connectivity index (χ2v) is 5.60. The zero-order valence-corrected chi connectivity index (χ0v) is 10.9. The molecule has 0 aromatic carbocycles. The van der Waals surface area contributed by atoms with E-state index in [1.165, 1.54) is 30.5 Å². The zero-order chi connectivity index (χ0) is 12.5. The molecule has 3 heteroatoms. The number of aromatic nitrogens is 1. The summed E-state index contributed by atoms with van der Waals surface area (Å²) in [4.78, 5) is 7.08. The van der Waals surface area contributed by atoms with E-state index in [9.17, 15) is 5.26 Å². The molecular formula is C15H19N3. The van der Waals surface area contributed by atoms with Crippen molar-refractivity contribution in [2.75, 3.05) is 18.0 Å². The molecule has 18 heavy (non-hydrogen) atoms.